The number of nitrogens with one attached hydrogen (secondary N) is 1. The number of carboxylic acid groups (broad SMARTS) is 1. The van der Waals surface area contributed by atoms with Crippen LogP contribution in [0.15, 0.2) is 36.7 Å². The van der Waals surface area contributed by atoms with Gasteiger partial charge in [-0.15, -0.1) is 0 Å². The summed E-state index contributed by atoms with van der Waals surface area (Å²) in [5.41, 5.74) is 2.24. The summed E-state index contributed by atoms with van der Waals surface area (Å²) in [5.74, 6) is -1.26. The van der Waals surface area contributed by atoms with Crippen molar-refractivity contribution in [3.63, 3.8) is 0 Å². The largest absolute Gasteiger partial charge is 0.480 e. The molecule has 1 atom stereocenters. The Balaban J connectivity index is 1.78. The van der Waals surface area contributed by atoms with Crippen LogP contribution in [-0.4, -0.2) is 32.8 Å². The van der Waals surface area contributed by atoms with Gasteiger partial charge in [-0.05, 0) is 55.5 Å². The average Bonchev–Trinajstić information content (AvgIpc) is 3.18. The lowest BCUT2D eigenvalue weighted by Crippen LogP contribution is -2.42. The van der Waals surface area contributed by atoms with Gasteiger partial charge in [-0.25, -0.2) is 9.48 Å². The minimum absolute atomic E-state index is 0.0610. The summed E-state index contributed by atoms with van der Waals surface area (Å²) in [6.07, 6.45) is 5.23. The molecule has 3 rings (SSSR count). The molecule has 1 aliphatic carbocycles. The van der Waals surface area contributed by atoms with E-state index in [1.54, 1.807) is 23.0 Å². The molecule has 1 heterocycles. The van der Waals surface area contributed by atoms with E-state index in [9.17, 15) is 14.7 Å². The van der Waals surface area contributed by atoms with Crippen molar-refractivity contribution in [2.24, 2.45) is 5.92 Å². The molecular weight excluding hydrogens is 282 g/mol. The summed E-state index contributed by atoms with van der Waals surface area (Å²) in [4.78, 5) is 23.4. The predicted molar refractivity (Wildman–Crippen MR) is 79.9 cm³/mol. The highest BCUT2D eigenvalue weighted by Gasteiger charge is 2.37. The van der Waals surface area contributed by atoms with Crippen LogP contribution in [0.1, 0.15) is 28.8 Å². The van der Waals surface area contributed by atoms with E-state index < -0.39 is 12.0 Å². The van der Waals surface area contributed by atoms with Crippen LogP contribution in [0.2, 0.25) is 0 Å². The van der Waals surface area contributed by atoms with Crippen LogP contribution < -0.4 is 5.32 Å². The third kappa shape index (κ3) is 2.86. The van der Waals surface area contributed by atoms with E-state index in [0.29, 0.717) is 5.56 Å². The lowest BCUT2D eigenvalue weighted by atomic mass is 10.1. The van der Waals surface area contributed by atoms with Gasteiger partial charge in [-0.1, -0.05) is 0 Å². The number of aryl methyl sites for hydroxylation is 1. The number of nitrogens with zero attached hydrogens (tertiary/aromatic N) is 2. The maximum absolute atomic E-state index is 12.2. The molecule has 0 spiro atoms. The number of aromatic nitrogens is 2. The Kier molecular flexibility index (Phi) is 3.66. The first kappa shape index (κ1) is 14.3. The minimum Gasteiger partial charge on any atom is -0.480 e. The molecular formula is C16H17N3O3. The lowest BCUT2D eigenvalue weighted by Gasteiger charge is -2.14. The zero-order chi connectivity index (χ0) is 15.7. The number of carboxylic acids is 1. The Bertz CT molecular complexity index is 705. The second-order valence-corrected chi connectivity index (χ2v) is 5.58. The molecule has 2 N–H and O–H groups in total. The summed E-state index contributed by atoms with van der Waals surface area (Å²) < 4.78 is 1.72. The quantitative estimate of drug-likeness (QED) is 0.881. The van der Waals surface area contributed by atoms with Crippen molar-refractivity contribution in [1.29, 1.82) is 0 Å². The number of rotatable bonds is 5. The summed E-state index contributed by atoms with van der Waals surface area (Å²) in [6.45, 7) is 1.89. The van der Waals surface area contributed by atoms with Crippen LogP contribution in [-0.2, 0) is 4.79 Å². The van der Waals surface area contributed by atoms with E-state index >= 15 is 0 Å². The van der Waals surface area contributed by atoms with Crippen molar-refractivity contribution in [3.05, 3.63) is 47.8 Å². The SMILES string of the molecule is Cc1cc(C(=O)NC(C(=O)O)C2CC2)ccc1-n1cccn1. The number of benzene rings is 1. The highest BCUT2D eigenvalue weighted by Crippen LogP contribution is 2.32. The zero-order valence-electron chi connectivity index (χ0n) is 12.2. The number of carbonyl (C=O) groups excluding carboxylic acids is 1. The standard InChI is InChI=1S/C16H17N3O3/c1-10-9-12(5-6-13(10)19-8-2-7-17-19)15(20)18-14(16(21)22)11-3-4-11/h2,5-9,11,14H,3-4H2,1H3,(H,18,20)(H,21,22). The van der Waals surface area contributed by atoms with Gasteiger partial charge in [0.05, 0.1) is 5.69 Å². The molecule has 1 aromatic carbocycles. The summed E-state index contributed by atoms with van der Waals surface area (Å²) in [7, 11) is 0. The number of carbonyl (C=O) groups is 2. The molecule has 1 aromatic heterocycles. The molecule has 6 nitrogen and oxygen atoms in total. The van der Waals surface area contributed by atoms with E-state index in [-0.39, 0.29) is 11.8 Å². The van der Waals surface area contributed by atoms with Crippen LogP contribution in [0.3, 0.4) is 0 Å². The number of hydrogen-bond acceptors (Lipinski definition) is 3. The summed E-state index contributed by atoms with van der Waals surface area (Å²) in [6, 6.07) is 6.28. The van der Waals surface area contributed by atoms with E-state index in [2.05, 4.69) is 10.4 Å². The Labute approximate surface area is 127 Å². The molecule has 1 amide bonds. The molecule has 1 saturated carbocycles. The van der Waals surface area contributed by atoms with Crippen molar-refractivity contribution < 1.29 is 14.7 Å². The fourth-order valence-electron chi connectivity index (χ4n) is 2.50. The van der Waals surface area contributed by atoms with Gasteiger partial charge in [-0.3, -0.25) is 4.79 Å². The van der Waals surface area contributed by atoms with E-state index in [0.717, 1.165) is 24.1 Å². The predicted octanol–water partition coefficient (Wildman–Crippen LogP) is 1.77. The van der Waals surface area contributed by atoms with E-state index in [1.165, 1.54) is 0 Å². The van der Waals surface area contributed by atoms with Gasteiger partial charge in [0.2, 0.25) is 0 Å². The molecule has 6 heteroatoms. The first-order valence-electron chi connectivity index (χ1n) is 7.20. The van der Waals surface area contributed by atoms with Crippen LogP contribution in [0.4, 0.5) is 0 Å². The molecule has 22 heavy (non-hydrogen) atoms. The van der Waals surface area contributed by atoms with Gasteiger partial charge >= 0.3 is 5.97 Å². The molecule has 0 saturated heterocycles. The molecule has 0 bridgehead atoms. The number of amides is 1. The highest BCUT2D eigenvalue weighted by molar-refractivity contribution is 5.97. The Morgan fingerprint density at radius 2 is 2.18 bits per heavy atom. The van der Waals surface area contributed by atoms with Gasteiger partial charge in [0, 0.05) is 18.0 Å². The molecule has 2 aromatic rings. The topological polar surface area (TPSA) is 84.2 Å². The average molecular weight is 299 g/mol. The number of aliphatic carboxylic acids is 1. The fraction of sp³-hybridized carbons (Fsp3) is 0.312. The highest BCUT2D eigenvalue weighted by atomic mass is 16.4. The van der Waals surface area contributed by atoms with Crippen molar-refractivity contribution in [2.75, 3.05) is 0 Å². The molecule has 1 aliphatic rings. The Morgan fingerprint density at radius 3 is 2.73 bits per heavy atom. The van der Waals surface area contributed by atoms with Gasteiger partial charge in [-0.2, -0.15) is 5.10 Å². The zero-order valence-corrected chi connectivity index (χ0v) is 12.2. The van der Waals surface area contributed by atoms with Crippen LogP contribution in [0, 0.1) is 12.8 Å². The molecule has 0 aliphatic heterocycles. The second kappa shape index (κ2) is 5.63. The minimum atomic E-state index is -0.972. The van der Waals surface area contributed by atoms with Crippen LogP contribution in [0.25, 0.3) is 5.69 Å². The normalized spacial score (nSPS) is 15.3. The van der Waals surface area contributed by atoms with Gasteiger partial charge in [0.15, 0.2) is 0 Å². The van der Waals surface area contributed by atoms with Crippen LogP contribution in [0.5, 0.6) is 0 Å². The third-order valence-electron chi connectivity index (χ3n) is 3.86. The van der Waals surface area contributed by atoms with Crippen molar-refractivity contribution in [1.82, 2.24) is 15.1 Å². The van der Waals surface area contributed by atoms with Crippen molar-refractivity contribution >= 4 is 11.9 Å². The molecule has 0 radical (unpaired) electrons. The molecule has 1 unspecified atom stereocenters. The molecule has 1 fully saturated rings. The van der Waals surface area contributed by atoms with Gasteiger partial charge in [0.25, 0.3) is 5.91 Å². The fourth-order valence-corrected chi connectivity index (χ4v) is 2.50. The summed E-state index contributed by atoms with van der Waals surface area (Å²) in [5, 5.41) is 16.0. The Hall–Kier alpha value is -2.63. The maximum atomic E-state index is 12.2. The lowest BCUT2D eigenvalue weighted by molar-refractivity contribution is -0.139. The molecule has 114 valence electrons. The number of hydrogen-bond donors (Lipinski definition) is 2. The van der Waals surface area contributed by atoms with E-state index in [4.69, 9.17) is 0 Å². The van der Waals surface area contributed by atoms with Crippen molar-refractivity contribution in [2.45, 2.75) is 25.8 Å². The first-order valence-corrected chi connectivity index (χ1v) is 7.20. The van der Waals surface area contributed by atoms with Gasteiger partial charge < -0.3 is 10.4 Å². The summed E-state index contributed by atoms with van der Waals surface area (Å²) >= 11 is 0. The first-order chi connectivity index (χ1) is 10.6. The Morgan fingerprint density at radius 1 is 1.41 bits per heavy atom. The smallest absolute Gasteiger partial charge is 0.326 e. The van der Waals surface area contributed by atoms with Crippen molar-refractivity contribution in [3.8, 4) is 5.69 Å². The monoisotopic (exact) mass is 299 g/mol. The maximum Gasteiger partial charge on any atom is 0.326 e. The second-order valence-electron chi connectivity index (χ2n) is 5.58. The van der Waals surface area contributed by atoms with Gasteiger partial charge in [0.1, 0.15) is 6.04 Å². The third-order valence-corrected chi connectivity index (χ3v) is 3.86. The van der Waals surface area contributed by atoms with E-state index in [1.807, 2.05) is 25.3 Å². The van der Waals surface area contributed by atoms with Crippen LogP contribution >= 0.6 is 0 Å².